The van der Waals surface area contributed by atoms with Gasteiger partial charge in [-0.2, -0.15) is 0 Å². The lowest BCUT2D eigenvalue weighted by atomic mass is 9.83. The van der Waals surface area contributed by atoms with Crippen LogP contribution < -0.4 is 10.2 Å². The van der Waals surface area contributed by atoms with Gasteiger partial charge in [0.05, 0.1) is 0 Å². The molecule has 0 saturated carbocycles. The Bertz CT molecular complexity index is 637. The molecular formula is C18H26N4O3. The number of nitrogens with zero attached hydrogens (tertiary/aromatic N) is 3. The van der Waals surface area contributed by atoms with Crippen LogP contribution in [0.2, 0.25) is 0 Å². The van der Waals surface area contributed by atoms with Gasteiger partial charge in [0, 0.05) is 57.5 Å². The third-order valence-corrected chi connectivity index (χ3v) is 5.26. The number of pyridine rings is 1. The normalized spacial score (nSPS) is 23.4. The lowest BCUT2D eigenvalue weighted by Gasteiger charge is -2.47. The number of aliphatic hydroxyl groups excluding tert-OH is 1. The van der Waals surface area contributed by atoms with Crippen LogP contribution in [0.3, 0.4) is 0 Å². The topological polar surface area (TPSA) is 85.8 Å². The number of anilines is 1. The van der Waals surface area contributed by atoms with E-state index in [-0.39, 0.29) is 24.5 Å². The van der Waals surface area contributed by atoms with E-state index in [9.17, 15) is 9.59 Å². The summed E-state index contributed by atoms with van der Waals surface area (Å²) in [5.74, 6) is 1.33. The fourth-order valence-corrected chi connectivity index (χ4v) is 3.97. The Kier molecular flexibility index (Phi) is 5.53. The Labute approximate surface area is 148 Å². The lowest BCUT2D eigenvalue weighted by Crippen LogP contribution is -2.56. The first-order valence-corrected chi connectivity index (χ1v) is 8.97. The van der Waals surface area contributed by atoms with Gasteiger partial charge in [0.2, 0.25) is 5.91 Å². The van der Waals surface area contributed by atoms with Gasteiger partial charge in [0.25, 0.3) is 5.91 Å². The van der Waals surface area contributed by atoms with Gasteiger partial charge in [0.15, 0.2) is 0 Å². The van der Waals surface area contributed by atoms with Crippen LogP contribution in [0, 0.1) is 5.92 Å². The molecule has 25 heavy (non-hydrogen) atoms. The standard InChI is InChI=1S/C18H26N4O3/c1-19-18(25)13-5-7-20-16(11-13)21-9-6-15-14(12-21)3-4-17(24)22(15)8-2-10-23/h5,7,11,14-15,23H,2-4,6,8-10,12H2,1H3,(H,19,25)/t14-,15+/m1/s1. The highest BCUT2D eigenvalue weighted by Crippen LogP contribution is 2.33. The molecule has 3 rings (SSSR count). The number of aromatic nitrogens is 1. The summed E-state index contributed by atoms with van der Waals surface area (Å²) in [5.41, 5.74) is 0.609. The smallest absolute Gasteiger partial charge is 0.251 e. The summed E-state index contributed by atoms with van der Waals surface area (Å²) in [5, 5.41) is 11.7. The maximum Gasteiger partial charge on any atom is 0.251 e. The number of hydrogen-bond donors (Lipinski definition) is 2. The molecule has 1 aromatic heterocycles. The number of piperidine rings is 2. The van der Waals surface area contributed by atoms with Gasteiger partial charge in [-0.15, -0.1) is 0 Å². The minimum Gasteiger partial charge on any atom is -0.396 e. The highest BCUT2D eigenvalue weighted by Gasteiger charge is 2.39. The fourth-order valence-electron chi connectivity index (χ4n) is 3.97. The van der Waals surface area contributed by atoms with Crippen LogP contribution in [0.1, 0.15) is 36.0 Å². The van der Waals surface area contributed by atoms with Crippen molar-refractivity contribution in [2.75, 3.05) is 38.2 Å². The van der Waals surface area contributed by atoms with E-state index in [0.29, 0.717) is 30.9 Å². The number of amides is 2. The first-order chi connectivity index (χ1) is 12.1. The zero-order chi connectivity index (χ0) is 17.8. The molecule has 2 amide bonds. The third kappa shape index (κ3) is 3.76. The van der Waals surface area contributed by atoms with Crippen LogP contribution in [-0.4, -0.2) is 66.1 Å². The minimum atomic E-state index is -0.114. The van der Waals surface area contributed by atoms with Crippen LogP contribution in [-0.2, 0) is 4.79 Å². The second-order valence-corrected chi connectivity index (χ2v) is 6.75. The fraction of sp³-hybridized carbons (Fsp3) is 0.611. The number of carbonyl (C=O) groups excluding carboxylic acids is 2. The summed E-state index contributed by atoms with van der Waals surface area (Å²) in [4.78, 5) is 32.7. The molecule has 136 valence electrons. The zero-order valence-corrected chi connectivity index (χ0v) is 14.6. The molecule has 0 radical (unpaired) electrons. The first kappa shape index (κ1) is 17.7. The molecule has 0 aromatic carbocycles. The van der Waals surface area contributed by atoms with Crippen LogP contribution >= 0.6 is 0 Å². The quantitative estimate of drug-likeness (QED) is 0.817. The number of rotatable bonds is 5. The summed E-state index contributed by atoms with van der Waals surface area (Å²) < 4.78 is 0. The van der Waals surface area contributed by atoms with Crippen molar-refractivity contribution in [3.63, 3.8) is 0 Å². The van der Waals surface area contributed by atoms with Crippen molar-refractivity contribution in [1.82, 2.24) is 15.2 Å². The second kappa shape index (κ2) is 7.82. The van der Waals surface area contributed by atoms with Crippen LogP contribution in [0.5, 0.6) is 0 Å². The summed E-state index contributed by atoms with van der Waals surface area (Å²) in [7, 11) is 1.62. The molecule has 2 fully saturated rings. The molecule has 0 unspecified atom stereocenters. The molecule has 3 heterocycles. The summed E-state index contributed by atoms with van der Waals surface area (Å²) in [6.45, 7) is 2.41. The summed E-state index contributed by atoms with van der Waals surface area (Å²) in [6, 6.07) is 3.80. The Balaban J connectivity index is 1.71. The number of hydrogen-bond acceptors (Lipinski definition) is 5. The Hall–Kier alpha value is -2.15. The van der Waals surface area contributed by atoms with Crippen molar-refractivity contribution in [3.8, 4) is 0 Å². The number of nitrogens with one attached hydrogen (secondary N) is 1. The monoisotopic (exact) mass is 346 g/mol. The van der Waals surface area contributed by atoms with Crippen LogP contribution in [0.15, 0.2) is 18.3 Å². The molecule has 1 aromatic rings. The largest absolute Gasteiger partial charge is 0.396 e. The average molecular weight is 346 g/mol. The zero-order valence-electron chi connectivity index (χ0n) is 14.6. The molecular weight excluding hydrogens is 320 g/mol. The summed E-state index contributed by atoms with van der Waals surface area (Å²) in [6.07, 6.45) is 4.67. The van der Waals surface area contributed by atoms with Gasteiger partial charge >= 0.3 is 0 Å². The maximum atomic E-state index is 12.2. The molecule has 2 saturated heterocycles. The van der Waals surface area contributed by atoms with E-state index in [4.69, 9.17) is 5.11 Å². The maximum absolute atomic E-state index is 12.2. The number of fused-ring (bicyclic) bond motifs is 1. The van der Waals surface area contributed by atoms with Crippen LogP contribution in [0.4, 0.5) is 5.82 Å². The van der Waals surface area contributed by atoms with E-state index < -0.39 is 0 Å². The molecule has 2 atom stereocenters. The predicted octanol–water partition coefficient (Wildman–Crippen LogP) is 0.641. The Morgan fingerprint density at radius 1 is 1.44 bits per heavy atom. The Morgan fingerprint density at radius 3 is 3.04 bits per heavy atom. The van der Waals surface area contributed by atoms with Gasteiger partial charge in [-0.25, -0.2) is 4.98 Å². The number of likely N-dealkylation sites (tertiary alicyclic amines) is 1. The molecule has 7 heteroatoms. The van der Waals surface area contributed by atoms with E-state index in [2.05, 4.69) is 15.2 Å². The van der Waals surface area contributed by atoms with Gasteiger partial charge < -0.3 is 20.2 Å². The number of carbonyl (C=O) groups is 2. The molecule has 0 bridgehead atoms. The van der Waals surface area contributed by atoms with Crippen LogP contribution in [0.25, 0.3) is 0 Å². The van der Waals surface area contributed by atoms with Gasteiger partial charge in [-0.1, -0.05) is 0 Å². The van der Waals surface area contributed by atoms with Crippen molar-refractivity contribution in [2.45, 2.75) is 31.7 Å². The SMILES string of the molecule is CNC(=O)c1ccnc(N2CC[C@H]3[C@H](CCC(=O)N3CCCO)C2)c1. The predicted molar refractivity (Wildman–Crippen MR) is 94.4 cm³/mol. The highest BCUT2D eigenvalue weighted by atomic mass is 16.3. The Morgan fingerprint density at radius 2 is 2.28 bits per heavy atom. The second-order valence-electron chi connectivity index (χ2n) is 6.75. The molecule has 2 N–H and O–H groups in total. The van der Waals surface area contributed by atoms with Gasteiger partial charge in [0.1, 0.15) is 5.82 Å². The van der Waals surface area contributed by atoms with E-state index in [0.717, 1.165) is 31.7 Å². The molecule has 0 spiro atoms. The van der Waals surface area contributed by atoms with Gasteiger partial charge in [-0.05, 0) is 37.3 Å². The third-order valence-electron chi connectivity index (χ3n) is 5.26. The van der Waals surface area contributed by atoms with E-state index in [1.807, 2.05) is 11.0 Å². The molecule has 2 aliphatic rings. The van der Waals surface area contributed by atoms with Crippen molar-refractivity contribution in [1.29, 1.82) is 0 Å². The minimum absolute atomic E-state index is 0.114. The summed E-state index contributed by atoms with van der Waals surface area (Å²) >= 11 is 0. The lowest BCUT2D eigenvalue weighted by molar-refractivity contribution is -0.139. The van der Waals surface area contributed by atoms with Gasteiger partial charge in [-0.3, -0.25) is 9.59 Å². The molecule has 2 aliphatic heterocycles. The molecule has 0 aliphatic carbocycles. The van der Waals surface area contributed by atoms with Crippen molar-refractivity contribution >= 4 is 17.6 Å². The highest BCUT2D eigenvalue weighted by molar-refractivity contribution is 5.94. The number of aliphatic hydroxyl groups is 1. The van der Waals surface area contributed by atoms with E-state index >= 15 is 0 Å². The van der Waals surface area contributed by atoms with Crippen molar-refractivity contribution in [2.24, 2.45) is 5.92 Å². The van der Waals surface area contributed by atoms with E-state index in [1.54, 1.807) is 19.3 Å². The first-order valence-electron chi connectivity index (χ1n) is 8.97. The average Bonchev–Trinajstić information content (AvgIpc) is 2.66. The van der Waals surface area contributed by atoms with E-state index in [1.165, 1.54) is 0 Å². The van der Waals surface area contributed by atoms with Crippen molar-refractivity contribution < 1.29 is 14.7 Å². The van der Waals surface area contributed by atoms with Crippen molar-refractivity contribution in [3.05, 3.63) is 23.9 Å². The molecule has 7 nitrogen and oxygen atoms in total.